The molecule has 9 heavy (non-hydrogen) atoms. The molecule has 0 N–H and O–H groups in total. The van der Waals surface area contributed by atoms with Gasteiger partial charge in [-0.25, -0.2) is 3.71 Å². The van der Waals surface area contributed by atoms with Gasteiger partial charge in [0.15, 0.2) is 0 Å². The van der Waals surface area contributed by atoms with Crippen LogP contribution in [0.1, 0.15) is 0 Å². The van der Waals surface area contributed by atoms with Gasteiger partial charge in [-0.1, -0.05) is 11.8 Å². The van der Waals surface area contributed by atoms with Crippen molar-refractivity contribution in [3.63, 3.8) is 0 Å². The first-order valence-corrected chi connectivity index (χ1v) is 5.81. The van der Waals surface area contributed by atoms with Crippen LogP contribution in [0.25, 0.3) is 0 Å². The molecule has 54 valence electrons. The summed E-state index contributed by atoms with van der Waals surface area (Å²) in [5.74, 6) is 0. The Morgan fingerprint density at radius 2 is 1.67 bits per heavy atom. The molecule has 0 aromatic rings. The van der Waals surface area contributed by atoms with E-state index >= 15 is 0 Å². The van der Waals surface area contributed by atoms with E-state index in [9.17, 15) is 4.79 Å². The van der Waals surface area contributed by atoms with Gasteiger partial charge in [-0.05, 0) is 30.2 Å². The van der Waals surface area contributed by atoms with Gasteiger partial charge >= 0.3 is 5.24 Å². The minimum atomic E-state index is 0.0926. The van der Waals surface area contributed by atoms with Crippen molar-refractivity contribution in [2.75, 3.05) is 18.8 Å². The van der Waals surface area contributed by atoms with E-state index in [0.29, 0.717) is 0 Å². The van der Waals surface area contributed by atoms with Crippen molar-refractivity contribution in [1.82, 2.24) is 3.71 Å². The molecule has 0 aliphatic carbocycles. The van der Waals surface area contributed by atoms with Crippen molar-refractivity contribution < 1.29 is 4.79 Å². The van der Waals surface area contributed by atoms with Crippen LogP contribution in [0.15, 0.2) is 0 Å². The molecule has 0 spiro atoms. The molecule has 0 rings (SSSR count). The van der Waals surface area contributed by atoms with Crippen LogP contribution in [-0.2, 0) is 0 Å². The molecule has 0 saturated heterocycles. The van der Waals surface area contributed by atoms with E-state index in [2.05, 4.69) is 0 Å². The number of carbonyl (C=O) groups excluding carboxylic acids is 1. The number of nitrogens with zero attached hydrogens (tertiary/aromatic N) is 1. The molecule has 0 fully saturated rings. The summed E-state index contributed by atoms with van der Waals surface area (Å²) in [7, 11) is 0. The fourth-order valence-electron chi connectivity index (χ4n) is 0.298. The van der Waals surface area contributed by atoms with E-state index in [1.54, 1.807) is 9.97 Å². The molecule has 0 saturated carbocycles. The second-order valence-corrected chi connectivity index (χ2v) is 3.54. The predicted octanol–water partition coefficient (Wildman–Crippen LogP) is 2.33. The summed E-state index contributed by atoms with van der Waals surface area (Å²) in [6.45, 7) is 0. The minimum Gasteiger partial charge on any atom is -0.260 e. The van der Waals surface area contributed by atoms with Crippen LogP contribution in [0.2, 0.25) is 0 Å². The molecular weight excluding hydrogens is 174 g/mol. The zero-order valence-electron chi connectivity index (χ0n) is 5.58. The third-order valence-electron chi connectivity index (χ3n) is 0.655. The number of amides is 1. The molecule has 2 nitrogen and oxygen atoms in total. The van der Waals surface area contributed by atoms with Gasteiger partial charge in [0.05, 0.1) is 0 Å². The van der Waals surface area contributed by atoms with E-state index in [0.717, 1.165) is 0 Å². The molecule has 0 aromatic heterocycles. The lowest BCUT2D eigenvalue weighted by atomic mass is 11.4. The van der Waals surface area contributed by atoms with Crippen molar-refractivity contribution in [2.45, 2.75) is 0 Å². The highest BCUT2D eigenvalue weighted by Crippen LogP contribution is 2.21. The van der Waals surface area contributed by atoms with Crippen LogP contribution in [0, 0.1) is 0 Å². The third kappa shape index (κ3) is 3.27. The van der Waals surface area contributed by atoms with Crippen LogP contribution in [0.4, 0.5) is 4.79 Å². The lowest BCUT2D eigenvalue weighted by Gasteiger charge is -2.12. The molecule has 0 aliphatic rings. The van der Waals surface area contributed by atoms with Crippen molar-refractivity contribution in [3.8, 4) is 0 Å². The van der Waals surface area contributed by atoms with Gasteiger partial charge in [-0.3, -0.25) is 4.79 Å². The molecular formula is C4H9NOS3. The summed E-state index contributed by atoms with van der Waals surface area (Å²) in [5.41, 5.74) is 0. The fraction of sp³-hybridized carbons (Fsp3) is 0.750. The Morgan fingerprint density at radius 1 is 1.22 bits per heavy atom. The Kier molecular flexibility index (Phi) is 5.62. The molecule has 5 heteroatoms. The highest BCUT2D eigenvalue weighted by Gasteiger charge is 2.07. The Hall–Kier alpha value is 0.520. The molecule has 0 aromatic carbocycles. The van der Waals surface area contributed by atoms with Crippen molar-refractivity contribution in [1.29, 1.82) is 0 Å². The standard InChI is InChI=1S/C4H9NOS3/c1-7-4(6)5(8-2)9-3/h1-3H3. The van der Waals surface area contributed by atoms with Gasteiger partial charge in [0, 0.05) is 12.5 Å². The van der Waals surface area contributed by atoms with Crippen molar-refractivity contribution in [3.05, 3.63) is 0 Å². The molecule has 0 bridgehead atoms. The second-order valence-electron chi connectivity index (χ2n) is 1.09. The van der Waals surface area contributed by atoms with Gasteiger partial charge in [-0.15, -0.1) is 0 Å². The average Bonchev–Trinajstić information content (AvgIpc) is 1.90. The second kappa shape index (κ2) is 5.32. The molecule has 0 aliphatic heterocycles. The highest BCUT2D eigenvalue weighted by molar-refractivity contribution is 8.19. The summed E-state index contributed by atoms with van der Waals surface area (Å²) >= 11 is 4.08. The van der Waals surface area contributed by atoms with Gasteiger partial charge in [-0.2, -0.15) is 0 Å². The van der Waals surface area contributed by atoms with Crippen LogP contribution >= 0.6 is 35.7 Å². The largest absolute Gasteiger partial charge is 0.301 e. The van der Waals surface area contributed by atoms with Gasteiger partial charge < -0.3 is 0 Å². The predicted molar refractivity (Wildman–Crippen MR) is 47.8 cm³/mol. The monoisotopic (exact) mass is 183 g/mol. The normalized spacial score (nSPS) is 9.22. The lowest BCUT2D eigenvalue weighted by molar-refractivity contribution is 0.259. The van der Waals surface area contributed by atoms with Crippen LogP contribution in [-0.4, -0.2) is 27.7 Å². The van der Waals surface area contributed by atoms with E-state index in [1.165, 1.54) is 35.7 Å². The Bertz CT molecular complexity index is 93.8. The smallest absolute Gasteiger partial charge is 0.260 e. The topological polar surface area (TPSA) is 20.3 Å². The number of rotatable bonds is 2. The van der Waals surface area contributed by atoms with Crippen LogP contribution in [0.5, 0.6) is 0 Å². The lowest BCUT2D eigenvalue weighted by Crippen LogP contribution is -2.09. The van der Waals surface area contributed by atoms with Crippen molar-refractivity contribution >= 4 is 40.9 Å². The highest BCUT2D eigenvalue weighted by atomic mass is 32.2. The van der Waals surface area contributed by atoms with Gasteiger partial charge in [0.25, 0.3) is 0 Å². The van der Waals surface area contributed by atoms with E-state index < -0.39 is 0 Å². The first kappa shape index (κ1) is 9.52. The maximum absolute atomic E-state index is 10.8. The maximum Gasteiger partial charge on any atom is 0.301 e. The SMILES string of the molecule is CSC(=O)N(SC)SC. The Labute approximate surface area is 68.4 Å². The van der Waals surface area contributed by atoms with E-state index in [1.807, 2.05) is 12.5 Å². The Morgan fingerprint density at radius 3 is 1.78 bits per heavy atom. The molecule has 1 amide bonds. The average molecular weight is 183 g/mol. The summed E-state index contributed by atoms with van der Waals surface area (Å²) in [5, 5.41) is 0.0926. The zero-order valence-corrected chi connectivity index (χ0v) is 8.03. The van der Waals surface area contributed by atoms with Crippen LogP contribution < -0.4 is 0 Å². The van der Waals surface area contributed by atoms with E-state index in [4.69, 9.17) is 0 Å². The van der Waals surface area contributed by atoms with Crippen molar-refractivity contribution in [2.24, 2.45) is 0 Å². The molecule has 0 unspecified atom stereocenters. The van der Waals surface area contributed by atoms with Crippen LogP contribution in [0.3, 0.4) is 0 Å². The summed E-state index contributed by atoms with van der Waals surface area (Å²) in [6.07, 6.45) is 5.54. The molecule has 0 radical (unpaired) electrons. The first-order chi connectivity index (χ1) is 4.26. The summed E-state index contributed by atoms with van der Waals surface area (Å²) < 4.78 is 1.63. The minimum absolute atomic E-state index is 0.0926. The zero-order chi connectivity index (χ0) is 7.28. The number of thioether (sulfide) groups is 1. The summed E-state index contributed by atoms with van der Waals surface area (Å²) in [4.78, 5) is 10.8. The number of carbonyl (C=O) groups is 1. The van der Waals surface area contributed by atoms with Gasteiger partial charge in [0.2, 0.25) is 0 Å². The third-order valence-corrected chi connectivity index (χ3v) is 3.31. The number of hydrogen-bond donors (Lipinski definition) is 0. The van der Waals surface area contributed by atoms with E-state index in [-0.39, 0.29) is 5.24 Å². The Balaban J connectivity index is 3.64. The molecule has 0 atom stereocenters. The molecule has 0 heterocycles. The summed E-state index contributed by atoms with van der Waals surface area (Å²) in [6, 6.07) is 0. The first-order valence-electron chi connectivity index (χ1n) is 2.22. The fourth-order valence-corrected chi connectivity index (χ4v) is 2.24. The number of hydrogen-bond acceptors (Lipinski definition) is 4. The quantitative estimate of drug-likeness (QED) is 0.612. The van der Waals surface area contributed by atoms with Gasteiger partial charge in [0.1, 0.15) is 0 Å². The maximum atomic E-state index is 10.8.